The van der Waals surface area contributed by atoms with Crippen molar-refractivity contribution in [2.24, 2.45) is 0 Å². The van der Waals surface area contributed by atoms with Gasteiger partial charge >= 0.3 is 0 Å². The highest BCUT2D eigenvalue weighted by Crippen LogP contribution is 2.26. The van der Waals surface area contributed by atoms with Crippen molar-refractivity contribution in [3.05, 3.63) is 41.2 Å². The van der Waals surface area contributed by atoms with Crippen LogP contribution in [0.3, 0.4) is 0 Å². The van der Waals surface area contributed by atoms with Gasteiger partial charge in [0.1, 0.15) is 5.82 Å². The Kier molecular flexibility index (Phi) is 4.72. The smallest absolute Gasteiger partial charge is 0.224 e. The fourth-order valence-corrected chi connectivity index (χ4v) is 3.86. The lowest BCUT2D eigenvalue weighted by Gasteiger charge is -2.24. The molecule has 2 aromatic rings. The molecule has 1 atom stereocenters. The molecule has 138 valence electrons. The van der Waals surface area contributed by atoms with E-state index in [-0.39, 0.29) is 11.8 Å². The van der Waals surface area contributed by atoms with Gasteiger partial charge in [0, 0.05) is 80.8 Å². The number of likely N-dealkylation sites (N-methyl/N-ethyl adjacent to an activating group) is 1. The van der Waals surface area contributed by atoms with E-state index in [1.54, 1.807) is 6.20 Å². The summed E-state index contributed by atoms with van der Waals surface area (Å²) in [5.41, 5.74) is 3.51. The van der Waals surface area contributed by atoms with Gasteiger partial charge in [-0.1, -0.05) is 0 Å². The lowest BCUT2D eigenvalue weighted by Crippen LogP contribution is -2.30. The third kappa shape index (κ3) is 3.49. The van der Waals surface area contributed by atoms with E-state index < -0.39 is 0 Å². The predicted octanol–water partition coefficient (Wildman–Crippen LogP) is 1.38. The van der Waals surface area contributed by atoms with E-state index in [1.165, 1.54) is 11.3 Å². The molecule has 1 saturated heterocycles. The SMILES string of the molecule is Cc1ccnn1CCC(=O)N1CCC(c2ncc3c(n2)CCN(C)C3)C1. The average molecular weight is 354 g/mol. The monoisotopic (exact) mass is 354 g/mol. The van der Waals surface area contributed by atoms with Gasteiger partial charge in [-0.15, -0.1) is 0 Å². The number of likely N-dealkylation sites (tertiary alicyclic amines) is 1. The molecule has 1 fully saturated rings. The van der Waals surface area contributed by atoms with E-state index in [0.29, 0.717) is 13.0 Å². The van der Waals surface area contributed by atoms with Crippen LogP contribution in [-0.2, 0) is 24.3 Å². The Morgan fingerprint density at radius 3 is 3.04 bits per heavy atom. The molecule has 7 nitrogen and oxygen atoms in total. The Hall–Kier alpha value is -2.28. The number of amides is 1. The van der Waals surface area contributed by atoms with Crippen molar-refractivity contribution >= 4 is 5.91 Å². The van der Waals surface area contributed by atoms with Gasteiger partial charge in [0.15, 0.2) is 0 Å². The second-order valence-corrected chi connectivity index (χ2v) is 7.46. The molecule has 7 heteroatoms. The van der Waals surface area contributed by atoms with Crippen LogP contribution in [0.25, 0.3) is 0 Å². The van der Waals surface area contributed by atoms with Crippen LogP contribution in [0.15, 0.2) is 18.5 Å². The lowest BCUT2D eigenvalue weighted by molar-refractivity contribution is -0.130. The fourth-order valence-electron chi connectivity index (χ4n) is 3.86. The molecule has 2 aliphatic rings. The number of fused-ring (bicyclic) bond motifs is 1. The van der Waals surface area contributed by atoms with E-state index in [2.05, 4.69) is 22.0 Å². The van der Waals surface area contributed by atoms with Crippen LogP contribution in [0, 0.1) is 6.92 Å². The summed E-state index contributed by atoms with van der Waals surface area (Å²) in [4.78, 5) is 26.2. The summed E-state index contributed by atoms with van der Waals surface area (Å²) in [5, 5.41) is 4.25. The highest BCUT2D eigenvalue weighted by Gasteiger charge is 2.29. The minimum Gasteiger partial charge on any atom is -0.342 e. The Bertz CT molecular complexity index is 801. The molecule has 0 aromatic carbocycles. The zero-order chi connectivity index (χ0) is 18.1. The van der Waals surface area contributed by atoms with Gasteiger partial charge in [-0.05, 0) is 26.5 Å². The quantitative estimate of drug-likeness (QED) is 0.830. The van der Waals surface area contributed by atoms with Crippen LogP contribution < -0.4 is 0 Å². The number of aryl methyl sites for hydroxylation is 2. The molecule has 0 aliphatic carbocycles. The van der Waals surface area contributed by atoms with Gasteiger partial charge in [-0.2, -0.15) is 5.10 Å². The van der Waals surface area contributed by atoms with Crippen molar-refractivity contribution in [1.82, 2.24) is 29.5 Å². The molecule has 1 unspecified atom stereocenters. The maximum Gasteiger partial charge on any atom is 0.224 e. The Morgan fingerprint density at radius 2 is 2.23 bits per heavy atom. The number of hydrogen-bond donors (Lipinski definition) is 0. The van der Waals surface area contributed by atoms with Crippen molar-refractivity contribution in [2.45, 2.75) is 45.2 Å². The summed E-state index contributed by atoms with van der Waals surface area (Å²) >= 11 is 0. The molecular weight excluding hydrogens is 328 g/mol. The first-order chi connectivity index (χ1) is 12.6. The number of nitrogens with zero attached hydrogens (tertiary/aromatic N) is 6. The maximum absolute atomic E-state index is 12.5. The van der Waals surface area contributed by atoms with Crippen LogP contribution in [0.4, 0.5) is 0 Å². The first-order valence-electron chi connectivity index (χ1n) is 9.39. The van der Waals surface area contributed by atoms with Crippen molar-refractivity contribution in [3.63, 3.8) is 0 Å². The predicted molar refractivity (Wildman–Crippen MR) is 97.6 cm³/mol. The summed E-state index contributed by atoms with van der Waals surface area (Å²) in [7, 11) is 2.13. The summed E-state index contributed by atoms with van der Waals surface area (Å²) in [5.74, 6) is 1.36. The molecule has 2 aromatic heterocycles. The van der Waals surface area contributed by atoms with Crippen LogP contribution >= 0.6 is 0 Å². The molecule has 4 rings (SSSR count). The average Bonchev–Trinajstić information content (AvgIpc) is 3.28. The molecule has 1 amide bonds. The second-order valence-electron chi connectivity index (χ2n) is 7.46. The van der Waals surface area contributed by atoms with Crippen molar-refractivity contribution in [3.8, 4) is 0 Å². The van der Waals surface area contributed by atoms with Crippen molar-refractivity contribution in [2.75, 3.05) is 26.7 Å². The maximum atomic E-state index is 12.5. The van der Waals surface area contributed by atoms with Gasteiger partial charge in [0.25, 0.3) is 0 Å². The van der Waals surface area contributed by atoms with Crippen molar-refractivity contribution < 1.29 is 4.79 Å². The Morgan fingerprint density at radius 1 is 1.35 bits per heavy atom. The number of carbonyl (C=O) groups is 1. The molecule has 0 radical (unpaired) electrons. The van der Waals surface area contributed by atoms with Crippen molar-refractivity contribution in [1.29, 1.82) is 0 Å². The van der Waals surface area contributed by atoms with E-state index in [1.807, 2.05) is 28.8 Å². The summed E-state index contributed by atoms with van der Waals surface area (Å²) in [6.45, 7) is 6.15. The van der Waals surface area contributed by atoms with Gasteiger partial charge < -0.3 is 9.80 Å². The fraction of sp³-hybridized carbons (Fsp3) is 0.579. The molecule has 26 heavy (non-hydrogen) atoms. The molecule has 0 N–H and O–H groups in total. The second kappa shape index (κ2) is 7.15. The number of hydrogen-bond acceptors (Lipinski definition) is 5. The number of rotatable bonds is 4. The standard InChI is InChI=1S/C19H26N6O/c1-14-3-7-21-25(14)10-6-18(26)24-9-4-15(13-24)19-20-11-16-12-23(2)8-5-17(16)22-19/h3,7,11,15H,4-6,8-10,12-13H2,1-2H3. The molecular formula is C19H26N6O. The lowest BCUT2D eigenvalue weighted by atomic mass is 10.1. The zero-order valence-corrected chi connectivity index (χ0v) is 15.6. The van der Waals surface area contributed by atoms with Gasteiger partial charge in [0.05, 0.1) is 0 Å². The summed E-state index contributed by atoms with van der Waals surface area (Å²) in [6, 6.07) is 1.96. The summed E-state index contributed by atoms with van der Waals surface area (Å²) in [6.07, 6.45) is 6.19. The number of carbonyl (C=O) groups excluding carboxylic acids is 1. The molecule has 0 bridgehead atoms. The topological polar surface area (TPSA) is 67.2 Å². The van der Waals surface area contributed by atoms with E-state index in [0.717, 1.165) is 50.5 Å². The minimum atomic E-state index is 0.196. The van der Waals surface area contributed by atoms with Gasteiger partial charge in [0.2, 0.25) is 5.91 Å². The minimum absolute atomic E-state index is 0.196. The first kappa shape index (κ1) is 17.1. The third-order valence-electron chi connectivity index (χ3n) is 5.52. The van der Waals surface area contributed by atoms with E-state index in [9.17, 15) is 4.79 Å². The highest BCUT2D eigenvalue weighted by atomic mass is 16.2. The number of aromatic nitrogens is 4. The molecule has 0 spiro atoms. The molecule has 0 saturated carbocycles. The van der Waals surface area contributed by atoms with E-state index in [4.69, 9.17) is 4.98 Å². The van der Waals surface area contributed by atoms with Gasteiger partial charge in [-0.25, -0.2) is 9.97 Å². The highest BCUT2D eigenvalue weighted by molar-refractivity contribution is 5.76. The van der Waals surface area contributed by atoms with Crippen LogP contribution in [0.2, 0.25) is 0 Å². The largest absolute Gasteiger partial charge is 0.342 e. The van der Waals surface area contributed by atoms with Crippen LogP contribution in [0.1, 0.15) is 41.5 Å². The first-order valence-corrected chi connectivity index (χ1v) is 9.39. The van der Waals surface area contributed by atoms with Gasteiger partial charge in [-0.3, -0.25) is 9.48 Å². The van der Waals surface area contributed by atoms with Crippen LogP contribution in [-0.4, -0.2) is 62.1 Å². The molecule has 2 aliphatic heterocycles. The Balaban J connectivity index is 1.36. The van der Waals surface area contributed by atoms with Crippen LogP contribution in [0.5, 0.6) is 0 Å². The molecule has 4 heterocycles. The zero-order valence-electron chi connectivity index (χ0n) is 15.6. The third-order valence-corrected chi connectivity index (χ3v) is 5.52. The summed E-state index contributed by atoms with van der Waals surface area (Å²) < 4.78 is 1.88. The Labute approximate surface area is 154 Å². The normalized spacial score (nSPS) is 20.4. The van der Waals surface area contributed by atoms with E-state index >= 15 is 0 Å².